The summed E-state index contributed by atoms with van der Waals surface area (Å²) in [6, 6.07) is 9.33. The molecule has 3 aromatic rings. The van der Waals surface area contributed by atoms with Gasteiger partial charge in [-0.2, -0.15) is 0 Å². The summed E-state index contributed by atoms with van der Waals surface area (Å²) in [5.74, 6) is 0.707. The summed E-state index contributed by atoms with van der Waals surface area (Å²) in [6.07, 6.45) is -1.54. The van der Waals surface area contributed by atoms with Gasteiger partial charge >= 0.3 is 6.36 Å². The average molecular weight is 422 g/mol. The van der Waals surface area contributed by atoms with E-state index in [-0.39, 0.29) is 5.75 Å². The second kappa shape index (κ2) is 7.86. The monoisotopic (exact) mass is 422 g/mol. The van der Waals surface area contributed by atoms with Gasteiger partial charge in [0.2, 0.25) is 0 Å². The first-order valence-corrected chi connectivity index (χ1v) is 9.39. The number of imidazole rings is 1. The molecule has 152 valence electrons. The highest BCUT2D eigenvalue weighted by molar-refractivity contribution is 7.80. The van der Waals surface area contributed by atoms with Crippen molar-refractivity contribution < 1.29 is 22.6 Å². The Bertz CT molecular complexity index is 1040. The van der Waals surface area contributed by atoms with E-state index in [9.17, 15) is 13.2 Å². The number of hydrogen-bond acceptors (Lipinski definition) is 6. The van der Waals surface area contributed by atoms with Crippen LogP contribution in [0.4, 0.5) is 19.0 Å². The number of benzene rings is 1. The zero-order chi connectivity index (χ0) is 20.4. The lowest BCUT2D eigenvalue weighted by Gasteiger charge is -2.23. The molecule has 10 heteroatoms. The number of ether oxygens (including phenoxy) is 2. The van der Waals surface area contributed by atoms with Crippen LogP contribution < -0.4 is 10.1 Å². The number of nitrogens with zero attached hydrogens (tertiary/aromatic N) is 3. The summed E-state index contributed by atoms with van der Waals surface area (Å²) in [5, 5.41) is 8.45. The zero-order valence-corrected chi connectivity index (χ0v) is 16.0. The quantitative estimate of drug-likeness (QED) is 0.613. The molecule has 0 amide bonds. The average Bonchev–Trinajstić information content (AvgIpc) is 3.08. The Kier molecular flexibility index (Phi) is 5.27. The van der Waals surface area contributed by atoms with E-state index in [1.54, 1.807) is 22.8 Å². The highest BCUT2D eigenvalue weighted by Crippen LogP contribution is 2.28. The van der Waals surface area contributed by atoms with Gasteiger partial charge in [0.15, 0.2) is 10.7 Å². The van der Waals surface area contributed by atoms with Gasteiger partial charge < -0.3 is 14.8 Å². The van der Waals surface area contributed by atoms with Crippen LogP contribution in [0.25, 0.3) is 16.9 Å². The summed E-state index contributed by atoms with van der Waals surface area (Å²) in [4.78, 5) is 4.28. The van der Waals surface area contributed by atoms with Crippen LogP contribution in [0.2, 0.25) is 0 Å². The maximum absolute atomic E-state index is 12.5. The van der Waals surface area contributed by atoms with Crippen molar-refractivity contribution in [2.45, 2.75) is 19.2 Å². The molecule has 1 saturated heterocycles. The molecule has 4 rings (SSSR count). The van der Waals surface area contributed by atoms with Gasteiger partial charge in [-0.3, -0.25) is 0 Å². The van der Waals surface area contributed by atoms with Gasteiger partial charge in [-0.05, 0) is 48.8 Å². The summed E-state index contributed by atoms with van der Waals surface area (Å²) >= 11 is 5.12. The van der Waals surface area contributed by atoms with E-state index in [4.69, 9.17) is 17.0 Å². The summed E-state index contributed by atoms with van der Waals surface area (Å²) in [5.41, 5.74) is 1.65. The molecule has 2 aromatic heterocycles. The molecule has 0 aliphatic carbocycles. The van der Waals surface area contributed by atoms with Gasteiger partial charge in [-0.15, -0.1) is 18.3 Å². The Labute approximate surface area is 169 Å². The summed E-state index contributed by atoms with van der Waals surface area (Å²) in [7, 11) is 0. The highest BCUT2D eigenvalue weighted by Gasteiger charge is 2.31. The lowest BCUT2D eigenvalue weighted by molar-refractivity contribution is -0.274. The fourth-order valence-electron chi connectivity index (χ4n) is 3.18. The van der Waals surface area contributed by atoms with E-state index in [2.05, 4.69) is 20.1 Å². The van der Waals surface area contributed by atoms with Crippen molar-refractivity contribution in [3.8, 4) is 17.0 Å². The van der Waals surface area contributed by atoms with Crippen LogP contribution in [0.15, 0.2) is 42.6 Å². The molecule has 0 spiro atoms. The molecule has 1 N–H and O–H groups in total. The Balaban J connectivity index is 1.56. The normalized spacial score (nSPS) is 17.2. The number of thiocarbonyl (C=S) groups is 1. The first kappa shape index (κ1) is 19.4. The number of rotatable bonds is 5. The predicted octanol–water partition coefficient (Wildman–Crippen LogP) is 4.46. The lowest BCUT2D eigenvalue weighted by atomic mass is 10.0. The maximum Gasteiger partial charge on any atom is 0.573 e. The third-order valence-corrected chi connectivity index (χ3v) is 4.83. The van der Waals surface area contributed by atoms with E-state index >= 15 is 0 Å². The van der Waals surface area contributed by atoms with Gasteiger partial charge in [0, 0.05) is 18.5 Å². The molecule has 0 saturated carbocycles. The minimum Gasteiger partial charge on any atom is -0.487 e. The van der Waals surface area contributed by atoms with Gasteiger partial charge in [0.25, 0.3) is 0 Å². The van der Waals surface area contributed by atoms with E-state index in [1.165, 1.54) is 18.2 Å². The fraction of sp³-hybridized carbons (Fsp3) is 0.316. The van der Waals surface area contributed by atoms with Crippen LogP contribution in [0, 0.1) is 5.92 Å². The Morgan fingerprint density at radius 3 is 2.93 bits per heavy atom. The highest BCUT2D eigenvalue weighted by atomic mass is 32.1. The Morgan fingerprint density at radius 1 is 1.28 bits per heavy atom. The number of aromatic nitrogens is 3. The first-order chi connectivity index (χ1) is 13.9. The molecule has 0 bridgehead atoms. The van der Waals surface area contributed by atoms with Crippen molar-refractivity contribution in [1.29, 1.82) is 0 Å². The molecule has 1 aliphatic rings. The molecule has 1 fully saturated rings. The SMILES string of the molecule is FC(F)(F)Oc1cccc(-c2cnc3ccc(NCC4CCOC(=S)C4)nn23)c1. The smallest absolute Gasteiger partial charge is 0.487 e. The number of nitrogens with one attached hydrogen (secondary N) is 1. The maximum atomic E-state index is 12.5. The minimum absolute atomic E-state index is 0.297. The minimum atomic E-state index is -4.75. The third-order valence-electron chi connectivity index (χ3n) is 4.54. The van der Waals surface area contributed by atoms with Gasteiger partial charge in [0.1, 0.15) is 11.6 Å². The fourth-order valence-corrected chi connectivity index (χ4v) is 3.50. The van der Waals surface area contributed by atoms with Crippen molar-refractivity contribution >= 4 is 28.7 Å². The largest absolute Gasteiger partial charge is 0.573 e. The third kappa shape index (κ3) is 4.76. The van der Waals surface area contributed by atoms with Crippen molar-refractivity contribution in [2.24, 2.45) is 5.92 Å². The summed E-state index contributed by atoms with van der Waals surface area (Å²) < 4.78 is 48.4. The van der Waals surface area contributed by atoms with E-state index in [0.29, 0.717) is 46.8 Å². The molecule has 1 atom stereocenters. The molecule has 1 aliphatic heterocycles. The molecular weight excluding hydrogens is 405 g/mol. The molecule has 1 aromatic carbocycles. The molecule has 3 heterocycles. The van der Waals surface area contributed by atoms with Crippen molar-refractivity contribution in [1.82, 2.24) is 14.6 Å². The zero-order valence-electron chi connectivity index (χ0n) is 15.1. The molecule has 1 unspecified atom stereocenters. The molecule has 6 nitrogen and oxygen atoms in total. The molecular formula is C19H17F3N4O2S. The number of fused-ring (bicyclic) bond motifs is 1. The topological polar surface area (TPSA) is 60.7 Å². The molecule has 0 radical (unpaired) electrons. The summed E-state index contributed by atoms with van der Waals surface area (Å²) in [6.45, 7) is 1.32. The van der Waals surface area contributed by atoms with Gasteiger partial charge in [0.05, 0.1) is 18.5 Å². The van der Waals surface area contributed by atoms with Crippen molar-refractivity contribution in [2.75, 3.05) is 18.5 Å². The first-order valence-electron chi connectivity index (χ1n) is 8.98. The van der Waals surface area contributed by atoms with Crippen LogP contribution in [-0.4, -0.2) is 39.2 Å². The van der Waals surface area contributed by atoms with Crippen LogP contribution in [-0.2, 0) is 4.74 Å². The lowest BCUT2D eigenvalue weighted by Crippen LogP contribution is -2.25. The second-order valence-corrected chi connectivity index (χ2v) is 7.12. The Hall–Kier alpha value is -2.88. The van der Waals surface area contributed by atoms with Gasteiger partial charge in [-0.1, -0.05) is 12.1 Å². The van der Waals surface area contributed by atoms with Crippen molar-refractivity contribution in [3.05, 3.63) is 42.6 Å². The van der Waals surface area contributed by atoms with Crippen LogP contribution in [0.1, 0.15) is 12.8 Å². The van der Waals surface area contributed by atoms with E-state index in [1.807, 2.05) is 6.07 Å². The van der Waals surface area contributed by atoms with E-state index < -0.39 is 6.36 Å². The number of hydrogen-bond donors (Lipinski definition) is 1. The predicted molar refractivity (Wildman–Crippen MR) is 105 cm³/mol. The van der Waals surface area contributed by atoms with Crippen molar-refractivity contribution in [3.63, 3.8) is 0 Å². The Morgan fingerprint density at radius 2 is 2.14 bits per heavy atom. The van der Waals surface area contributed by atoms with Crippen LogP contribution in [0.5, 0.6) is 5.75 Å². The molecule has 29 heavy (non-hydrogen) atoms. The second-order valence-electron chi connectivity index (χ2n) is 6.67. The number of alkyl halides is 3. The van der Waals surface area contributed by atoms with E-state index in [0.717, 1.165) is 12.8 Å². The van der Waals surface area contributed by atoms with Crippen LogP contribution in [0.3, 0.4) is 0 Å². The van der Waals surface area contributed by atoms with Gasteiger partial charge in [-0.25, -0.2) is 9.50 Å². The number of anilines is 1. The standard InChI is InChI=1S/C19H17F3N4O2S/c20-19(21,22)28-14-3-1-2-13(9-14)15-11-24-17-5-4-16(25-26(15)17)23-10-12-6-7-27-18(29)8-12/h1-5,9,11-12H,6-8,10H2,(H,23,25). The number of halogens is 3. The van der Waals surface area contributed by atoms with Crippen LogP contribution >= 0.6 is 12.2 Å².